The van der Waals surface area contributed by atoms with Crippen molar-refractivity contribution in [2.75, 3.05) is 26.1 Å². The predicted octanol–water partition coefficient (Wildman–Crippen LogP) is 2.71. The number of anilines is 1. The minimum absolute atomic E-state index is 0.380. The van der Waals surface area contributed by atoms with Gasteiger partial charge in [-0.05, 0) is 41.5 Å². The van der Waals surface area contributed by atoms with Crippen LogP contribution in [-0.4, -0.2) is 47.0 Å². The lowest BCUT2D eigenvalue weighted by molar-refractivity contribution is -0.139. The summed E-state index contributed by atoms with van der Waals surface area (Å²) in [5, 5.41) is 14.9. The van der Waals surface area contributed by atoms with Crippen LogP contribution in [0.25, 0.3) is 0 Å². The van der Waals surface area contributed by atoms with Crippen molar-refractivity contribution in [2.24, 2.45) is 0 Å². The van der Waals surface area contributed by atoms with E-state index in [4.69, 9.17) is 14.2 Å². The number of ether oxygens (including phenoxy) is 3. The molecular formula is C19H25N5O4. The molecule has 0 spiro atoms. The van der Waals surface area contributed by atoms with E-state index in [9.17, 15) is 4.79 Å². The van der Waals surface area contributed by atoms with Crippen LogP contribution in [0.2, 0.25) is 0 Å². The highest BCUT2D eigenvalue weighted by atomic mass is 16.5. The molecule has 1 atom stereocenters. The van der Waals surface area contributed by atoms with Gasteiger partial charge in [0.2, 0.25) is 5.95 Å². The number of esters is 1. The van der Waals surface area contributed by atoms with Gasteiger partial charge in [-0.1, -0.05) is 30.9 Å². The van der Waals surface area contributed by atoms with Crippen molar-refractivity contribution in [3.8, 4) is 11.5 Å². The number of hydrogen-bond donors (Lipinski definition) is 1. The smallest absolute Gasteiger partial charge is 0.338 e. The van der Waals surface area contributed by atoms with Gasteiger partial charge in [0.1, 0.15) is 6.04 Å². The summed E-state index contributed by atoms with van der Waals surface area (Å²) >= 11 is 0. The van der Waals surface area contributed by atoms with Crippen molar-refractivity contribution in [1.82, 2.24) is 20.2 Å². The maximum absolute atomic E-state index is 12.9. The monoisotopic (exact) mass is 387 g/mol. The third-order valence-corrected chi connectivity index (χ3v) is 4.64. The first-order chi connectivity index (χ1) is 13.6. The maximum Gasteiger partial charge on any atom is 0.338 e. The molecule has 0 aliphatic carbocycles. The summed E-state index contributed by atoms with van der Waals surface area (Å²) < 4.78 is 17.8. The lowest BCUT2D eigenvalue weighted by Crippen LogP contribution is -2.30. The Morgan fingerprint density at radius 2 is 2.00 bits per heavy atom. The molecule has 1 N–H and O–H groups in total. The lowest BCUT2D eigenvalue weighted by atomic mass is 9.95. The van der Waals surface area contributed by atoms with Crippen LogP contribution in [0.5, 0.6) is 11.5 Å². The molecule has 0 radical (unpaired) electrons. The van der Waals surface area contributed by atoms with Gasteiger partial charge in [-0.2, -0.15) is 4.68 Å². The van der Waals surface area contributed by atoms with Crippen LogP contribution in [-0.2, 0) is 9.53 Å². The molecule has 1 aromatic heterocycles. The first kappa shape index (κ1) is 19.7. The predicted molar refractivity (Wildman–Crippen MR) is 102 cm³/mol. The van der Waals surface area contributed by atoms with E-state index in [1.807, 2.05) is 19.1 Å². The number of carbonyl (C=O) groups is 1. The molecule has 0 fully saturated rings. The van der Waals surface area contributed by atoms with Crippen molar-refractivity contribution in [3.05, 3.63) is 35.0 Å². The molecule has 2 heterocycles. The molecule has 0 bridgehead atoms. The number of fused-ring (bicyclic) bond motifs is 1. The molecule has 9 nitrogen and oxygen atoms in total. The number of allylic oxidation sites excluding steroid dienone is 1. The van der Waals surface area contributed by atoms with Gasteiger partial charge >= 0.3 is 5.97 Å². The number of aromatic nitrogens is 4. The van der Waals surface area contributed by atoms with Gasteiger partial charge < -0.3 is 19.5 Å². The quantitative estimate of drug-likeness (QED) is 0.545. The lowest BCUT2D eigenvalue weighted by Gasteiger charge is -2.27. The molecule has 0 saturated heterocycles. The van der Waals surface area contributed by atoms with Crippen LogP contribution >= 0.6 is 0 Å². The Bertz CT molecular complexity index is 877. The Balaban J connectivity index is 1.99. The molecule has 1 aliphatic rings. The average molecular weight is 387 g/mol. The molecule has 150 valence electrons. The van der Waals surface area contributed by atoms with Crippen molar-refractivity contribution < 1.29 is 19.0 Å². The zero-order valence-corrected chi connectivity index (χ0v) is 16.6. The Morgan fingerprint density at radius 3 is 2.71 bits per heavy atom. The zero-order chi connectivity index (χ0) is 20.1. The third kappa shape index (κ3) is 3.78. The normalized spacial score (nSPS) is 15.6. The van der Waals surface area contributed by atoms with E-state index in [2.05, 4.69) is 27.8 Å². The van der Waals surface area contributed by atoms with Crippen LogP contribution in [0.15, 0.2) is 29.5 Å². The van der Waals surface area contributed by atoms with Gasteiger partial charge in [-0.15, -0.1) is 0 Å². The van der Waals surface area contributed by atoms with E-state index < -0.39 is 6.04 Å². The van der Waals surface area contributed by atoms with E-state index in [0.717, 1.165) is 24.8 Å². The van der Waals surface area contributed by atoms with E-state index in [1.54, 1.807) is 25.0 Å². The summed E-state index contributed by atoms with van der Waals surface area (Å²) in [6.07, 6.45) is 2.90. The Hall–Kier alpha value is -3.10. The standard InChI is InChI=1S/C19H25N5O4/c1-5-6-7-10-28-18(25)16-12(2)20-19-21-22-23-24(19)17(16)13-8-9-14(26-3)15(11-13)27-4/h8-9,11,17H,5-7,10H2,1-4H3,(H,20,21,23)/t17-/m0/s1. The molecule has 9 heteroatoms. The van der Waals surface area contributed by atoms with Crippen LogP contribution in [0.4, 0.5) is 5.95 Å². The highest BCUT2D eigenvalue weighted by Gasteiger charge is 2.35. The number of nitrogens with one attached hydrogen (secondary N) is 1. The van der Waals surface area contributed by atoms with Gasteiger partial charge in [0.25, 0.3) is 0 Å². The minimum atomic E-state index is -0.537. The van der Waals surface area contributed by atoms with Gasteiger partial charge in [-0.25, -0.2) is 4.79 Å². The van der Waals surface area contributed by atoms with Gasteiger partial charge in [-0.3, -0.25) is 0 Å². The molecular weight excluding hydrogens is 362 g/mol. The number of rotatable bonds is 8. The maximum atomic E-state index is 12.9. The minimum Gasteiger partial charge on any atom is -0.493 e. The number of benzene rings is 1. The van der Waals surface area contributed by atoms with Crippen molar-refractivity contribution in [1.29, 1.82) is 0 Å². The molecule has 28 heavy (non-hydrogen) atoms. The summed E-state index contributed by atoms with van der Waals surface area (Å²) in [5.41, 5.74) is 1.90. The molecule has 3 rings (SSSR count). The van der Waals surface area contributed by atoms with Crippen molar-refractivity contribution in [2.45, 2.75) is 39.2 Å². The second-order valence-corrected chi connectivity index (χ2v) is 6.47. The van der Waals surface area contributed by atoms with E-state index in [0.29, 0.717) is 35.3 Å². The SMILES string of the molecule is CCCCCOC(=O)C1=C(C)Nc2nnnn2[C@H]1c1ccc(OC)c(OC)c1. The van der Waals surface area contributed by atoms with Gasteiger partial charge in [0.05, 0.1) is 26.4 Å². The van der Waals surface area contributed by atoms with Crippen LogP contribution in [0, 0.1) is 0 Å². The van der Waals surface area contributed by atoms with E-state index >= 15 is 0 Å². The molecule has 1 aliphatic heterocycles. The van der Waals surface area contributed by atoms with Crippen LogP contribution in [0.1, 0.15) is 44.7 Å². The largest absolute Gasteiger partial charge is 0.493 e. The Kier molecular flexibility index (Phi) is 6.13. The fourth-order valence-corrected chi connectivity index (χ4v) is 3.20. The fraction of sp³-hybridized carbons (Fsp3) is 0.474. The third-order valence-electron chi connectivity index (χ3n) is 4.64. The summed E-state index contributed by atoms with van der Waals surface area (Å²) in [6.45, 7) is 4.30. The van der Waals surface area contributed by atoms with E-state index in [-0.39, 0.29) is 5.97 Å². The number of methoxy groups -OCH3 is 2. The zero-order valence-electron chi connectivity index (χ0n) is 16.6. The molecule has 2 aromatic rings. The van der Waals surface area contributed by atoms with E-state index in [1.165, 1.54) is 0 Å². The van der Waals surface area contributed by atoms with Crippen molar-refractivity contribution >= 4 is 11.9 Å². The Labute approximate surface area is 163 Å². The number of tetrazole rings is 1. The highest BCUT2D eigenvalue weighted by Crippen LogP contribution is 2.38. The van der Waals surface area contributed by atoms with Gasteiger partial charge in [0, 0.05) is 5.70 Å². The van der Waals surface area contributed by atoms with Crippen LogP contribution < -0.4 is 14.8 Å². The van der Waals surface area contributed by atoms with Gasteiger partial charge in [0.15, 0.2) is 11.5 Å². The number of unbranched alkanes of at least 4 members (excludes halogenated alkanes) is 2. The second-order valence-electron chi connectivity index (χ2n) is 6.47. The molecule has 0 saturated carbocycles. The average Bonchev–Trinajstić information content (AvgIpc) is 3.17. The highest BCUT2D eigenvalue weighted by molar-refractivity contribution is 5.92. The summed E-state index contributed by atoms with van der Waals surface area (Å²) in [5.74, 6) is 1.23. The molecule has 0 unspecified atom stereocenters. The summed E-state index contributed by atoms with van der Waals surface area (Å²) in [7, 11) is 3.14. The second kappa shape index (κ2) is 8.73. The summed E-state index contributed by atoms with van der Waals surface area (Å²) in [4.78, 5) is 12.9. The number of carbonyl (C=O) groups excluding carboxylic acids is 1. The number of hydrogen-bond acceptors (Lipinski definition) is 8. The first-order valence-electron chi connectivity index (χ1n) is 9.25. The Morgan fingerprint density at radius 1 is 1.21 bits per heavy atom. The molecule has 1 aromatic carbocycles. The summed E-state index contributed by atoms with van der Waals surface area (Å²) in [6, 6.07) is 4.93. The van der Waals surface area contributed by atoms with Crippen LogP contribution in [0.3, 0.4) is 0 Å². The topological polar surface area (TPSA) is 100 Å². The molecule has 0 amide bonds. The number of nitrogens with zero attached hydrogens (tertiary/aromatic N) is 4. The van der Waals surface area contributed by atoms with Crippen molar-refractivity contribution in [3.63, 3.8) is 0 Å². The fourth-order valence-electron chi connectivity index (χ4n) is 3.20. The first-order valence-corrected chi connectivity index (χ1v) is 9.25.